The summed E-state index contributed by atoms with van der Waals surface area (Å²) in [6, 6.07) is 19.4. The monoisotopic (exact) mass is 313 g/mol. The fraction of sp³-hybridized carbons (Fsp3) is 0.316. The van der Waals surface area contributed by atoms with E-state index < -0.39 is 12.2 Å². The Bertz CT molecular complexity index is 584. The molecule has 0 heterocycles. The molecule has 0 aliphatic carbocycles. The summed E-state index contributed by atoms with van der Waals surface area (Å²) in [5.74, 6) is -0.132. The highest BCUT2D eigenvalue weighted by Crippen LogP contribution is 2.10. The van der Waals surface area contributed by atoms with Crippen molar-refractivity contribution in [3.05, 3.63) is 71.8 Å². The Morgan fingerprint density at radius 2 is 1.61 bits per heavy atom. The average Bonchev–Trinajstić information content (AvgIpc) is 2.58. The van der Waals surface area contributed by atoms with Crippen LogP contribution >= 0.6 is 0 Å². The minimum Gasteiger partial charge on any atom is -0.391 e. The van der Waals surface area contributed by atoms with Crippen LogP contribution in [0.25, 0.3) is 0 Å². The summed E-state index contributed by atoms with van der Waals surface area (Å²) in [7, 11) is 0. The van der Waals surface area contributed by atoms with Crippen LogP contribution in [0.4, 0.5) is 0 Å². The van der Waals surface area contributed by atoms with E-state index >= 15 is 0 Å². The van der Waals surface area contributed by atoms with Crippen LogP contribution in [0.2, 0.25) is 0 Å². The Hall–Kier alpha value is -2.17. The zero-order valence-corrected chi connectivity index (χ0v) is 13.3. The van der Waals surface area contributed by atoms with E-state index in [0.29, 0.717) is 13.2 Å². The normalized spacial score (nSPS) is 13.3. The van der Waals surface area contributed by atoms with Crippen molar-refractivity contribution in [1.82, 2.24) is 5.32 Å². The van der Waals surface area contributed by atoms with Crippen LogP contribution in [-0.2, 0) is 22.7 Å². The number of rotatable bonds is 8. The van der Waals surface area contributed by atoms with Crippen molar-refractivity contribution in [3.63, 3.8) is 0 Å². The Kier molecular flexibility index (Phi) is 6.78. The Morgan fingerprint density at radius 3 is 2.17 bits per heavy atom. The molecule has 0 saturated carbocycles. The predicted octanol–water partition coefficient (Wildman–Crippen LogP) is 2.66. The number of carbonyl (C=O) groups is 1. The van der Waals surface area contributed by atoms with Crippen LogP contribution in [0.15, 0.2) is 60.7 Å². The predicted molar refractivity (Wildman–Crippen MR) is 89.6 cm³/mol. The molecule has 2 N–H and O–H groups in total. The minimum atomic E-state index is -0.707. The van der Waals surface area contributed by atoms with E-state index in [1.54, 1.807) is 6.92 Å². The van der Waals surface area contributed by atoms with Crippen LogP contribution in [0.5, 0.6) is 0 Å². The number of benzene rings is 2. The SMILES string of the molecule is CC(O)[C@H](CC(=O)NCc1ccccc1)OCc1ccccc1. The second-order valence-electron chi connectivity index (χ2n) is 5.54. The number of hydrogen-bond donors (Lipinski definition) is 2. The van der Waals surface area contributed by atoms with Gasteiger partial charge in [-0.05, 0) is 18.1 Å². The number of aliphatic hydroxyl groups is 1. The number of hydrogen-bond acceptors (Lipinski definition) is 3. The van der Waals surface area contributed by atoms with Crippen LogP contribution in [0.3, 0.4) is 0 Å². The molecule has 2 atom stereocenters. The van der Waals surface area contributed by atoms with Crippen molar-refractivity contribution in [2.24, 2.45) is 0 Å². The van der Waals surface area contributed by atoms with Gasteiger partial charge in [-0.3, -0.25) is 4.79 Å². The highest BCUT2D eigenvalue weighted by Gasteiger charge is 2.19. The van der Waals surface area contributed by atoms with Crippen molar-refractivity contribution in [1.29, 1.82) is 0 Å². The van der Waals surface area contributed by atoms with Crippen LogP contribution < -0.4 is 5.32 Å². The molecule has 2 aromatic carbocycles. The van der Waals surface area contributed by atoms with E-state index in [0.717, 1.165) is 11.1 Å². The minimum absolute atomic E-state index is 0.132. The Morgan fingerprint density at radius 1 is 1.04 bits per heavy atom. The third-order valence-electron chi connectivity index (χ3n) is 3.56. The molecule has 0 radical (unpaired) electrons. The van der Waals surface area contributed by atoms with Gasteiger partial charge in [0.05, 0.1) is 25.2 Å². The third-order valence-corrected chi connectivity index (χ3v) is 3.56. The number of nitrogens with one attached hydrogen (secondary N) is 1. The van der Waals surface area contributed by atoms with Gasteiger partial charge < -0.3 is 15.2 Å². The first-order valence-electron chi connectivity index (χ1n) is 7.79. The van der Waals surface area contributed by atoms with Gasteiger partial charge in [0.25, 0.3) is 0 Å². The molecule has 0 fully saturated rings. The van der Waals surface area contributed by atoms with Crippen molar-refractivity contribution in [2.45, 2.75) is 38.7 Å². The molecule has 1 amide bonds. The maximum Gasteiger partial charge on any atom is 0.222 e. The Labute approximate surface area is 137 Å². The Balaban J connectivity index is 1.80. The number of amides is 1. The van der Waals surface area contributed by atoms with Gasteiger partial charge in [0.15, 0.2) is 0 Å². The lowest BCUT2D eigenvalue weighted by Gasteiger charge is -2.20. The van der Waals surface area contributed by atoms with Crippen molar-refractivity contribution in [3.8, 4) is 0 Å². The highest BCUT2D eigenvalue weighted by atomic mass is 16.5. The molecule has 4 nitrogen and oxygen atoms in total. The molecule has 23 heavy (non-hydrogen) atoms. The first kappa shape index (κ1) is 17.2. The molecule has 122 valence electrons. The lowest BCUT2D eigenvalue weighted by atomic mass is 10.1. The maximum atomic E-state index is 12.0. The fourth-order valence-electron chi connectivity index (χ4n) is 2.20. The second-order valence-corrected chi connectivity index (χ2v) is 5.54. The molecular weight excluding hydrogens is 290 g/mol. The van der Waals surface area contributed by atoms with E-state index in [1.165, 1.54) is 0 Å². The number of ether oxygens (including phenoxy) is 1. The molecule has 0 aliphatic rings. The van der Waals surface area contributed by atoms with Crippen molar-refractivity contribution in [2.75, 3.05) is 0 Å². The highest BCUT2D eigenvalue weighted by molar-refractivity contribution is 5.76. The zero-order valence-electron chi connectivity index (χ0n) is 13.3. The van der Waals surface area contributed by atoms with Crippen molar-refractivity contribution < 1.29 is 14.6 Å². The summed E-state index contributed by atoms with van der Waals surface area (Å²) < 4.78 is 5.70. The quantitative estimate of drug-likeness (QED) is 0.788. The van der Waals surface area contributed by atoms with E-state index in [-0.39, 0.29) is 12.3 Å². The summed E-state index contributed by atoms with van der Waals surface area (Å²) in [6.45, 7) is 2.49. The molecular formula is C19H23NO3. The lowest BCUT2D eigenvalue weighted by molar-refractivity contribution is -0.127. The van der Waals surface area contributed by atoms with Gasteiger partial charge in [0.2, 0.25) is 5.91 Å². The summed E-state index contributed by atoms with van der Waals surface area (Å²) in [5, 5.41) is 12.7. The van der Waals surface area contributed by atoms with Crippen LogP contribution in [-0.4, -0.2) is 23.2 Å². The number of carbonyl (C=O) groups excluding carboxylic acids is 1. The maximum absolute atomic E-state index is 12.0. The molecule has 0 saturated heterocycles. The van der Waals surface area contributed by atoms with E-state index in [2.05, 4.69) is 5.32 Å². The first-order valence-corrected chi connectivity index (χ1v) is 7.79. The van der Waals surface area contributed by atoms with Gasteiger partial charge in [-0.15, -0.1) is 0 Å². The molecule has 0 bridgehead atoms. The zero-order chi connectivity index (χ0) is 16.5. The van der Waals surface area contributed by atoms with E-state index in [9.17, 15) is 9.90 Å². The summed E-state index contributed by atoms with van der Waals surface area (Å²) in [5.41, 5.74) is 2.06. The second kappa shape index (κ2) is 9.08. The van der Waals surface area contributed by atoms with Gasteiger partial charge in [0.1, 0.15) is 0 Å². The smallest absolute Gasteiger partial charge is 0.222 e. The largest absolute Gasteiger partial charge is 0.391 e. The summed E-state index contributed by atoms with van der Waals surface area (Å²) in [6.07, 6.45) is -1.09. The van der Waals surface area contributed by atoms with E-state index in [4.69, 9.17) is 4.74 Å². The van der Waals surface area contributed by atoms with Crippen LogP contribution in [0.1, 0.15) is 24.5 Å². The summed E-state index contributed by atoms with van der Waals surface area (Å²) in [4.78, 5) is 12.0. The average molecular weight is 313 g/mol. The molecule has 2 rings (SSSR count). The number of aliphatic hydroxyl groups excluding tert-OH is 1. The molecule has 0 spiro atoms. The molecule has 2 aromatic rings. The van der Waals surface area contributed by atoms with Gasteiger partial charge in [-0.1, -0.05) is 60.7 Å². The van der Waals surface area contributed by atoms with Crippen molar-refractivity contribution >= 4 is 5.91 Å². The fourth-order valence-corrected chi connectivity index (χ4v) is 2.20. The van der Waals surface area contributed by atoms with Gasteiger partial charge in [-0.25, -0.2) is 0 Å². The molecule has 0 aromatic heterocycles. The molecule has 0 aliphatic heterocycles. The molecule has 1 unspecified atom stereocenters. The van der Waals surface area contributed by atoms with E-state index in [1.807, 2.05) is 60.7 Å². The lowest BCUT2D eigenvalue weighted by Crippen LogP contribution is -2.34. The third kappa shape index (κ3) is 6.22. The van der Waals surface area contributed by atoms with Gasteiger partial charge in [0, 0.05) is 6.54 Å². The topological polar surface area (TPSA) is 58.6 Å². The van der Waals surface area contributed by atoms with Gasteiger partial charge in [-0.2, -0.15) is 0 Å². The van der Waals surface area contributed by atoms with Crippen LogP contribution in [0, 0.1) is 0 Å². The van der Waals surface area contributed by atoms with Gasteiger partial charge >= 0.3 is 0 Å². The standard InChI is InChI=1S/C19H23NO3/c1-15(21)18(23-14-17-10-6-3-7-11-17)12-19(22)20-13-16-8-4-2-5-9-16/h2-11,15,18,21H,12-14H2,1H3,(H,20,22)/t15?,18-/m0/s1. The first-order chi connectivity index (χ1) is 11.1. The summed E-state index contributed by atoms with van der Waals surface area (Å²) >= 11 is 0. The molecule has 4 heteroatoms.